The van der Waals surface area contributed by atoms with Crippen LogP contribution in [0.2, 0.25) is 0 Å². The molecule has 2 heterocycles. The van der Waals surface area contributed by atoms with Crippen molar-refractivity contribution in [2.24, 2.45) is 5.92 Å². The summed E-state index contributed by atoms with van der Waals surface area (Å²) in [6.45, 7) is 7.88. The average Bonchev–Trinajstić information content (AvgIpc) is 2.74. The molecular weight excluding hydrogens is 266 g/mol. The van der Waals surface area contributed by atoms with Crippen LogP contribution in [0.5, 0.6) is 11.5 Å². The number of hydrogen-bond donors (Lipinski definition) is 0. The van der Waals surface area contributed by atoms with E-state index in [9.17, 15) is 4.79 Å². The number of ether oxygens (including phenoxy) is 2. The van der Waals surface area contributed by atoms with Crippen LogP contribution in [-0.2, 0) is 6.42 Å². The van der Waals surface area contributed by atoms with Crippen molar-refractivity contribution >= 4 is 6.09 Å². The number of piperidine rings is 1. The molecule has 0 atom stereocenters. The lowest BCUT2D eigenvalue weighted by molar-refractivity contribution is 0.119. The van der Waals surface area contributed by atoms with Crippen molar-refractivity contribution in [3.8, 4) is 11.5 Å². The van der Waals surface area contributed by atoms with Gasteiger partial charge in [-0.3, -0.25) is 0 Å². The second-order valence-corrected chi connectivity index (χ2v) is 6.82. The number of likely N-dealkylation sites (tertiary alicyclic amines) is 1. The minimum absolute atomic E-state index is 0.231. The zero-order valence-electron chi connectivity index (χ0n) is 13.0. The third-order valence-electron chi connectivity index (χ3n) is 4.29. The van der Waals surface area contributed by atoms with E-state index in [0.717, 1.165) is 43.7 Å². The summed E-state index contributed by atoms with van der Waals surface area (Å²) < 4.78 is 11.5. The summed E-state index contributed by atoms with van der Waals surface area (Å²) in [7, 11) is 0. The van der Waals surface area contributed by atoms with E-state index in [2.05, 4.69) is 6.92 Å². The van der Waals surface area contributed by atoms with E-state index in [1.807, 2.05) is 32.0 Å². The van der Waals surface area contributed by atoms with Crippen LogP contribution < -0.4 is 9.47 Å². The van der Waals surface area contributed by atoms with Crippen LogP contribution in [0.1, 0.15) is 39.2 Å². The van der Waals surface area contributed by atoms with Gasteiger partial charge in [-0.15, -0.1) is 0 Å². The normalized spacial score (nSPS) is 20.8. The van der Waals surface area contributed by atoms with Crippen molar-refractivity contribution < 1.29 is 14.3 Å². The fourth-order valence-corrected chi connectivity index (χ4v) is 3.02. The molecule has 0 bridgehead atoms. The number of hydrogen-bond acceptors (Lipinski definition) is 3. The van der Waals surface area contributed by atoms with Crippen LogP contribution in [0.25, 0.3) is 0 Å². The molecule has 1 saturated heterocycles. The predicted octanol–water partition coefficient (Wildman–Crippen LogP) is 3.63. The highest BCUT2D eigenvalue weighted by Gasteiger charge is 2.33. The Labute approximate surface area is 126 Å². The predicted molar refractivity (Wildman–Crippen MR) is 80.8 cm³/mol. The molecule has 1 aromatic carbocycles. The van der Waals surface area contributed by atoms with Gasteiger partial charge in [0.25, 0.3) is 0 Å². The van der Waals surface area contributed by atoms with Gasteiger partial charge in [0.1, 0.15) is 5.60 Å². The molecule has 0 saturated carbocycles. The van der Waals surface area contributed by atoms with E-state index in [-0.39, 0.29) is 11.7 Å². The summed E-state index contributed by atoms with van der Waals surface area (Å²) in [4.78, 5) is 14.1. The molecule has 0 unspecified atom stereocenters. The summed E-state index contributed by atoms with van der Waals surface area (Å²) in [5.41, 5.74) is 0.878. The summed E-state index contributed by atoms with van der Waals surface area (Å²) in [5.74, 6) is 1.96. The van der Waals surface area contributed by atoms with Crippen LogP contribution in [0.4, 0.5) is 4.79 Å². The fourth-order valence-electron chi connectivity index (χ4n) is 3.02. The SMILES string of the molecule is CC1CCN(C(=O)Oc2cccc3c2OC(C)(C)C3)CC1. The first-order chi connectivity index (χ1) is 9.94. The number of nitrogens with zero attached hydrogens (tertiary/aromatic N) is 1. The Bertz CT molecular complexity index is 545. The quantitative estimate of drug-likeness (QED) is 0.792. The second kappa shape index (κ2) is 5.24. The first kappa shape index (κ1) is 14.2. The summed E-state index contributed by atoms with van der Waals surface area (Å²) in [5, 5.41) is 0. The molecule has 4 heteroatoms. The summed E-state index contributed by atoms with van der Waals surface area (Å²) in [6, 6.07) is 5.76. The van der Waals surface area contributed by atoms with Gasteiger partial charge >= 0.3 is 6.09 Å². The van der Waals surface area contributed by atoms with Gasteiger partial charge in [-0.1, -0.05) is 19.1 Å². The zero-order chi connectivity index (χ0) is 15.0. The molecule has 3 rings (SSSR count). The topological polar surface area (TPSA) is 38.8 Å². The minimum Gasteiger partial charge on any atom is -0.483 e. The van der Waals surface area contributed by atoms with Crippen LogP contribution >= 0.6 is 0 Å². The van der Waals surface area contributed by atoms with Gasteiger partial charge in [-0.2, -0.15) is 0 Å². The van der Waals surface area contributed by atoms with Crippen LogP contribution in [0.3, 0.4) is 0 Å². The van der Waals surface area contributed by atoms with Gasteiger partial charge in [0.2, 0.25) is 0 Å². The highest BCUT2D eigenvalue weighted by molar-refractivity contribution is 5.72. The number of benzene rings is 1. The zero-order valence-corrected chi connectivity index (χ0v) is 13.0. The van der Waals surface area contributed by atoms with E-state index in [4.69, 9.17) is 9.47 Å². The average molecular weight is 289 g/mol. The molecule has 0 radical (unpaired) electrons. The molecule has 1 fully saturated rings. The van der Waals surface area contributed by atoms with Crippen molar-refractivity contribution in [1.82, 2.24) is 4.90 Å². The highest BCUT2D eigenvalue weighted by atomic mass is 16.6. The standard InChI is InChI=1S/C17H23NO3/c1-12-7-9-18(10-8-12)16(19)20-14-6-4-5-13-11-17(2,3)21-15(13)14/h4-6,12H,7-11H2,1-3H3. The molecule has 0 spiro atoms. The van der Waals surface area contributed by atoms with Gasteiger partial charge in [-0.25, -0.2) is 4.79 Å². The van der Waals surface area contributed by atoms with Gasteiger partial charge in [0.05, 0.1) is 0 Å². The van der Waals surface area contributed by atoms with E-state index in [0.29, 0.717) is 11.7 Å². The molecule has 0 aromatic heterocycles. The molecule has 114 valence electrons. The Kier molecular flexibility index (Phi) is 3.56. The van der Waals surface area contributed by atoms with Crippen LogP contribution in [0, 0.1) is 5.92 Å². The number of fused-ring (bicyclic) bond motifs is 1. The maximum atomic E-state index is 12.3. The lowest BCUT2D eigenvalue weighted by Crippen LogP contribution is -2.39. The highest BCUT2D eigenvalue weighted by Crippen LogP contribution is 2.41. The molecule has 1 amide bonds. The first-order valence-corrected chi connectivity index (χ1v) is 7.72. The largest absolute Gasteiger partial charge is 0.483 e. The molecule has 0 aliphatic carbocycles. The third-order valence-corrected chi connectivity index (χ3v) is 4.29. The molecule has 4 nitrogen and oxygen atoms in total. The number of amides is 1. The van der Waals surface area contributed by atoms with Crippen molar-refractivity contribution in [2.75, 3.05) is 13.1 Å². The molecular formula is C17H23NO3. The maximum Gasteiger partial charge on any atom is 0.415 e. The smallest absolute Gasteiger partial charge is 0.415 e. The Balaban J connectivity index is 1.72. The van der Waals surface area contributed by atoms with Crippen molar-refractivity contribution in [2.45, 2.75) is 45.6 Å². The van der Waals surface area contributed by atoms with E-state index >= 15 is 0 Å². The first-order valence-electron chi connectivity index (χ1n) is 7.72. The van der Waals surface area contributed by atoms with Crippen LogP contribution in [-0.4, -0.2) is 29.7 Å². The number of carbonyl (C=O) groups is 1. The number of rotatable bonds is 1. The molecule has 21 heavy (non-hydrogen) atoms. The Morgan fingerprint density at radius 3 is 2.76 bits per heavy atom. The summed E-state index contributed by atoms with van der Waals surface area (Å²) >= 11 is 0. The van der Waals surface area contributed by atoms with Gasteiger partial charge in [-0.05, 0) is 38.7 Å². The Morgan fingerprint density at radius 1 is 1.33 bits per heavy atom. The summed E-state index contributed by atoms with van der Waals surface area (Å²) in [6.07, 6.45) is 2.68. The Morgan fingerprint density at radius 2 is 2.05 bits per heavy atom. The lowest BCUT2D eigenvalue weighted by atomic mass is 10.00. The molecule has 1 aromatic rings. The fraction of sp³-hybridized carbons (Fsp3) is 0.588. The molecule has 2 aliphatic rings. The second-order valence-electron chi connectivity index (χ2n) is 6.82. The molecule has 2 aliphatic heterocycles. The van der Waals surface area contributed by atoms with E-state index in [1.165, 1.54) is 0 Å². The van der Waals surface area contributed by atoms with E-state index in [1.54, 1.807) is 4.90 Å². The van der Waals surface area contributed by atoms with E-state index < -0.39 is 0 Å². The van der Waals surface area contributed by atoms with Gasteiger partial charge < -0.3 is 14.4 Å². The van der Waals surface area contributed by atoms with Crippen molar-refractivity contribution in [1.29, 1.82) is 0 Å². The lowest BCUT2D eigenvalue weighted by Gasteiger charge is -2.29. The van der Waals surface area contributed by atoms with Gasteiger partial charge in [0.15, 0.2) is 11.5 Å². The van der Waals surface area contributed by atoms with Crippen molar-refractivity contribution in [3.05, 3.63) is 23.8 Å². The number of para-hydroxylation sites is 1. The van der Waals surface area contributed by atoms with Crippen molar-refractivity contribution in [3.63, 3.8) is 0 Å². The number of carbonyl (C=O) groups excluding carboxylic acids is 1. The Hall–Kier alpha value is -1.71. The monoisotopic (exact) mass is 289 g/mol. The molecule has 0 N–H and O–H groups in total. The minimum atomic E-state index is -0.261. The van der Waals surface area contributed by atoms with Crippen LogP contribution in [0.15, 0.2) is 18.2 Å². The third kappa shape index (κ3) is 2.99. The van der Waals surface area contributed by atoms with Gasteiger partial charge in [0, 0.05) is 25.1 Å². The maximum absolute atomic E-state index is 12.3.